The van der Waals surface area contributed by atoms with Crippen molar-refractivity contribution in [1.82, 2.24) is 0 Å². The van der Waals surface area contributed by atoms with E-state index in [1.54, 1.807) is 12.2 Å². The van der Waals surface area contributed by atoms with Gasteiger partial charge in [-0.05, 0) is 25.1 Å². The minimum atomic E-state index is -0.406. The molecule has 0 bridgehead atoms. The summed E-state index contributed by atoms with van der Waals surface area (Å²) in [6.07, 6.45) is 5.22. The largest absolute Gasteiger partial charge is 0.402 e. The molecular weight excluding hydrogens is 202 g/mol. The third-order valence-electron chi connectivity index (χ3n) is 2.09. The molecular formula is C13H11NO2. The Balaban J connectivity index is 2.30. The zero-order valence-electron chi connectivity index (χ0n) is 8.88. The fourth-order valence-corrected chi connectivity index (χ4v) is 1.31. The third-order valence-corrected chi connectivity index (χ3v) is 2.09. The first-order valence-electron chi connectivity index (χ1n) is 5.00. The van der Waals surface area contributed by atoms with Gasteiger partial charge in [0.2, 0.25) is 5.90 Å². The van der Waals surface area contributed by atoms with Crippen molar-refractivity contribution >= 4 is 11.9 Å². The summed E-state index contributed by atoms with van der Waals surface area (Å²) < 4.78 is 5.07. The maximum Gasteiger partial charge on any atom is 0.363 e. The molecule has 0 aliphatic carbocycles. The molecule has 0 amide bonds. The number of hydrogen-bond donors (Lipinski definition) is 0. The molecule has 0 atom stereocenters. The van der Waals surface area contributed by atoms with E-state index >= 15 is 0 Å². The smallest absolute Gasteiger partial charge is 0.363 e. The van der Waals surface area contributed by atoms with E-state index in [0.29, 0.717) is 11.6 Å². The van der Waals surface area contributed by atoms with Crippen LogP contribution in [0.4, 0.5) is 0 Å². The molecule has 1 aliphatic rings. The number of carbonyl (C=O) groups excluding carboxylic acids is 1. The Morgan fingerprint density at radius 1 is 1.25 bits per heavy atom. The van der Waals surface area contributed by atoms with Crippen molar-refractivity contribution < 1.29 is 9.53 Å². The van der Waals surface area contributed by atoms with Crippen LogP contribution in [-0.4, -0.2) is 11.9 Å². The van der Waals surface area contributed by atoms with Gasteiger partial charge in [-0.15, -0.1) is 0 Å². The maximum absolute atomic E-state index is 11.4. The average molecular weight is 213 g/mol. The number of aliphatic imine (C=N–C) groups is 1. The average Bonchev–Trinajstić information content (AvgIpc) is 2.69. The fraction of sp³-hybridized carbons (Fsp3) is 0.0769. The highest BCUT2D eigenvalue weighted by atomic mass is 16.6. The van der Waals surface area contributed by atoms with E-state index in [1.165, 1.54) is 0 Å². The Morgan fingerprint density at radius 2 is 2.00 bits per heavy atom. The Morgan fingerprint density at radius 3 is 2.69 bits per heavy atom. The van der Waals surface area contributed by atoms with E-state index in [4.69, 9.17) is 4.74 Å². The summed E-state index contributed by atoms with van der Waals surface area (Å²) in [6.45, 7) is 1.87. The zero-order valence-corrected chi connectivity index (χ0v) is 8.88. The van der Waals surface area contributed by atoms with Crippen LogP contribution < -0.4 is 0 Å². The lowest BCUT2D eigenvalue weighted by atomic mass is 10.2. The molecule has 1 aromatic carbocycles. The molecule has 0 spiro atoms. The normalized spacial score (nSPS) is 17.9. The summed E-state index contributed by atoms with van der Waals surface area (Å²) in [7, 11) is 0. The van der Waals surface area contributed by atoms with Gasteiger partial charge in [0.05, 0.1) is 0 Å². The van der Waals surface area contributed by atoms with Gasteiger partial charge in [0.1, 0.15) is 0 Å². The minimum Gasteiger partial charge on any atom is -0.402 e. The van der Waals surface area contributed by atoms with Gasteiger partial charge >= 0.3 is 5.97 Å². The van der Waals surface area contributed by atoms with Gasteiger partial charge in [-0.25, -0.2) is 9.79 Å². The van der Waals surface area contributed by atoms with E-state index in [1.807, 2.05) is 43.3 Å². The molecule has 0 saturated heterocycles. The summed E-state index contributed by atoms with van der Waals surface area (Å²) in [5.41, 5.74) is 1.14. The minimum absolute atomic E-state index is 0.331. The number of nitrogens with zero attached hydrogens (tertiary/aromatic N) is 1. The number of cyclic esters (lactones) is 1. The summed E-state index contributed by atoms with van der Waals surface area (Å²) >= 11 is 0. The van der Waals surface area contributed by atoms with Gasteiger partial charge in [0.15, 0.2) is 5.70 Å². The molecule has 16 heavy (non-hydrogen) atoms. The second-order valence-corrected chi connectivity index (χ2v) is 3.25. The van der Waals surface area contributed by atoms with Crippen molar-refractivity contribution in [2.24, 2.45) is 4.99 Å². The molecule has 0 fully saturated rings. The predicted molar refractivity (Wildman–Crippen MR) is 62.0 cm³/mol. The Labute approximate surface area is 93.8 Å². The van der Waals surface area contributed by atoms with Crippen LogP contribution in [0, 0.1) is 0 Å². The summed E-state index contributed by atoms with van der Waals surface area (Å²) in [5, 5.41) is 0. The first-order valence-corrected chi connectivity index (χ1v) is 5.00. The predicted octanol–water partition coefficient (Wildman–Crippen LogP) is 2.45. The van der Waals surface area contributed by atoms with Gasteiger partial charge < -0.3 is 4.74 Å². The number of rotatable bonds is 2. The van der Waals surface area contributed by atoms with E-state index in [9.17, 15) is 4.79 Å². The van der Waals surface area contributed by atoms with Crippen molar-refractivity contribution in [2.75, 3.05) is 0 Å². The molecule has 80 valence electrons. The van der Waals surface area contributed by atoms with Crippen LogP contribution in [0.2, 0.25) is 0 Å². The fourth-order valence-electron chi connectivity index (χ4n) is 1.31. The van der Waals surface area contributed by atoms with Crippen LogP contribution in [-0.2, 0) is 9.53 Å². The standard InChI is InChI=1S/C13H11NO2/c1-2-3-9-11-13(15)16-12(14-11)10-7-5-4-6-8-10/h2-9H,1H3/b3-2+,11-9-. The molecule has 0 N–H and O–H groups in total. The maximum atomic E-state index is 11.4. The highest BCUT2D eigenvalue weighted by molar-refractivity contribution is 6.11. The number of esters is 1. The van der Waals surface area contributed by atoms with Crippen molar-refractivity contribution in [3.63, 3.8) is 0 Å². The number of carbonyl (C=O) groups is 1. The second-order valence-electron chi connectivity index (χ2n) is 3.25. The van der Waals surface area contributed by atoms with Crippen LogP contribution in [0.25, 0.3) is 0 Å². The Hall–Kier alpha value is -2.16. The first kappa shape index (κ1) is 10.4. The monoisotopic (exact) mass is 213 g/mol. The number of hydrogen-bond acceptors (Lipinski definition) is 3. The summed E-state index contributed by atoms with van der Waals surface area (Å²) in [4.78, 5) is 15.6. The van der Waals surface area contributed by atoms with E-state index in [-0.39, 0.29) is 0 Å². The van der Waals surface area contributed by atoms with Gasteiger partial charge in [-0.3, -0.25) is 0 Å². The number of benzene rings is 1. The molecule has 0 aromatic heterocycles. The highest BCUT2D eigenvalue weighted by Gasteiger charge is 2.22. The molecule has 1 aromatic rings. The van der Waals surface area contributed by atoms with Gasteiger partial charge in [0.25, 0.3) is 0 Å². The summed E-state index contributed by atoms with van der Waals surface area (Å²) in [6, 6.07) is 9.35. The van der Waals surface area contributed by atoms with Crippen molar-refractivity contribution in [1.29, 1.82) is 0 Å². The molecule has 3 heteroatoms. The molecule has 2 rings (SSSR count). The van der Waals surface area contributed by atoms with Crippen LogP contribution in [0.15, 0.2) is 59.2 Å². The topological polar surface area (TPSA) is 38.7 Å². The van der Waals surface area contributed by atoms with Gasteiger partial charge in [-0.1, -0.05) is 30.4 Å². The van der Waals surface area contributed by atoms with Crippen LogP contribution in [0.5, 0.6) is 0 Å². The molecule has 3 nitrogen and oxygen atoms in total. The molecule has 0 saturated carbocycles. The van der Waals surface area contributed by atoms with Gasteiger partial charge in [0, 0.05) is 5.56 Å². The molecule has 1 heterocycles. The zero-order chi connectivity index (χ0) is 11.4. The third kappa shape index (κ3) is 2.08. The number of ether oxygens (including phenoxy) is 1. The van der Waals surface area contributed by atoms with Crippen LogP contribution >= 0.6 is 0 Å². The molecule has 0 unspecified atom stereocenters. The van der Waals surface area contributed by atoms with Crippen molar-refractivity contribution in [2.45, 2.75) is 6.92 Å². The van der Waals surface area contributed by atoms with Crippen LogP contribution in [0.3, 0.4) is 0 Å². The SMILES string of the molecule is C/C=C/C=C1\N=C(c2ccccc2)OC1=O. The van der Waals surface area contributed by atoms with Crippen molar-refractivity contribution in [3.05, 3.63) is 59.8 Å². The lowest BCUT2D eigenvalue weighted by molar-refractivity contribution is -0.130. The summed E-state index contributed by atoms with van der Waals surface area (Å²) in [5.74, 6) is -0.0432. The van der Waals surface area contributed by atoms with Crippen molar-refractivity contribution in [3.8, 4) is 0 Å². The second kappa shape index (κ2) is 4.57. The first-order chi connectivity index (χ1) is 7.81. The highest BCUT2D eigenvalue weighted by Crippen LogP contribution is 2.15. The van der Waals surface area contributed by atoms with Gasteiger partial charge in [-0.2, -0.15) is 0 Å². The van der Waals surface area contributed by atoms with E-state index in [2.05, 4.69) is 4.99 Å². The lowest BCUT2D eigenvalue weighted by Crippen LogP contribution is -2.04. The lowest BCUT2D eigenvalue weighted by Gasteiger charge is -1.97. The quantitative estimate of drug-likeness (QED) is 0.559. The Kier molecular flexibility index (Phi) is 2.96. The van der Waals surface area contributed by atoms with E-state index in [0.717, 1.165) is 5.56 Å². The van der Waals surface area contributed by atoms with Crippen LogP contribution in [0.1, 0.15) is 12.5 Å². The molecule has 0 radical (unpaired) electrons. The molecule has 1 aliphatic heterocycles. The van der Waals surface area contributed by atoms with E-state index < -0.39 is 5.97 Å². The Bertz CT molecular complexity index is 484. The number of allylic oxidation sites excluding steroid dienone is 3.